The molecule has 2 aromatic carbocycles. The Kier molecular flexibility index (Phi) is 8.83. The van der Waals surface area contributed by atoms with Crippen LogP contribution in [0, 0.1) is 0 Å². The molecule has 4 rings (SSSR count). The van der Waals surface area contributed by atoms with Gasteiger partial charge >= 0.3 is 6.09 Å². The average Bonchev–Trinajstić information content (AvgIpc) is 2.86. The van der Waals surface area contributed by atoms with E-state index in [1.54, 1.807) is 46.8 Å². The molecule has 0 saturated carbocycles. The van der Waals surface area contributed by atoms with Crippen molar-refractivity contribution >= 4 is 12.0 Å². The lowest BCUT2D eigenvalue weighted by Gasteiger charge is -2.42. The number of carbonyl (C=O) groups is 2. The van der Waals surface area contributed by atoms with Crippen LogP contribution in [0.15, 0.2) is 48.5 Å². The number of benzene rings is 2. The number of aliphatic hydroxyl groups is 1. The number of aliphatic hydroxyl groups excluding tert-OH is 1. The Hall–Kier alpha value is -3.14. The summed E-state index contributed by atoms with van der Waals surface area (Å²) in [6, 6.07) is 15.0. The van der Waals surface area contributed by atoms with E-state index in [1.165, 1.54) is 5.56 Å². The number of carbonyl (C=O) groups excluding carboxylic acids is 2. The fourth-order valence-electron chi connectivity index (χ4n) is 4.92. The van der Waals surface area contributed by atoms with Crippen LogP contribution < -0.4 is 15.4 Å². The summed E-state index contributed by atoms with van der Waals surface area (Å²) >= 11 is 0. The molecule has 39 heavy (non-hydrogen) atoms. The molecule has 2 amide bonds. The van der Waals surface area contributed by atoms with Gasteiger partial charge in [0.1, 0.15) is 23.1 Å². The lowest BCUT2D eigenvalue weighted by atomic mass is 9.85. The summed E-state index contributed by atoms with van der Waals surface area (Å²) in [7, 11) is 0. The molecule has 2 aliphatic heterocycles. The SMILES string of the molecule is CC(C)(C)OC(=O)NC1c2cc(CC(=O)NCC3CN(Cc4ccccc4)CCO3)ccc2OC(C)(C)C1O. The predicted octanol–water partition coefficient (Wildman–Crippen LogP) is 3.34. The van der Waals surface area contributed by atoms with Crippen LogP contribution in [0.4, 0.5) is 4.79 Å². The highest BCUT2D eigenvalue weighted by atomic mass is 16.6. The average molecular weight is 540 g/mol. The van der Waals surface area contributed by atoms with Crippen molar-refractivity contribution in [1.29, 1.82) is 0 Å². The van der Waals surface area contributed by atoms with E-state index < -0.39 is 29.4 Å². The van der Waals surface area contributed by atoms with Crippen LogP contribution in [0.5, 0.6) is 5.75 Å². The quantitative estimate of drug-likeness (QED) is 0.495. The van der Waals surface area contributed by atoms with E-state index in [2.05, 4.69) is 27.7 Å². The van der Waals surface area contributed by atoms with E-state index in [-0.39, 0.29) is 18.4 Å². The molecule has 1 saturated heterocycles. The van der Waals surface area contributed by atoms with Crippen LogP contribution in [0.1, 0.15) is 57.4 Å². The molecule has 0 aliphatic carbocycles. The second kappa shape index (κ2) is 11.9. The third-order valence-electron chi connectivity index (χ3n) is 6.85. The second-order valence-corrected chi connectivity index (χ2v) is 11.8. The standard InChI is InChI=1S/C30H41N3O6/c1-29(2,3)39-28(36)32-26-23-15-21(11-12-24(23)38-30(4,5)27(26)35)16-25(34)31-17-22-19-33(13-14-37-22)18-20-9-7-6-8-10-20/h6-12,15,22,26-27,35H,13-14,16-19H2,1-5H3,(H,31,34)(H,32,36). The molecule has 1 fully saturated rings. The first kappa shape index (κ1) is 28.9. The number of amides is 2. The first-order valence-electron chi connectivity index (χ1n) is 13.5. The van der Waals surface area contributed by atoms with Gasteiger partial charge in [-0.15, -0.1) is 0 Å². The first-order valence-corrected chi connectivity index (χ1v) is 13.5. The molecule has 0 bridgehead atoms. The summed E-state index contributed by atoms with van der Waals surface area (Å²) in [6.07, 6.45) is -1.59. The summed E-state index contributed by atoms with van der Waals surface area (Å²) in [5.41, 5.74) is 0.990. The molecule has 0 aromatic heterocycles. The summed E-state index contributed by atoms with van der Waals surface area (Å²) in [5, 5.41) is 16.8. The highest BCUT2D eigenvalue weighted by Crippen LogP contribution is 2.40. The Balaban J connectivity index is 1.36. The van der Waals surface area contributed by atoms with Gasteiger partial charge in [-0.2, -0.15) is 0 Å². The lowest BCUT2D eigenvalue weighted by Crippen LogP contribution is -2.54. The smallest absolute Gasteiger partial charge is 0.408 e. The minimum Gasteiger partial charge on any atom is -0.485 e. The molecule has 3 atom stereocenters. The molecule has 9 heteroatoms. The van der Waals surface area contributed by atoms with Crippen molar-refractivity contribution in [2.45, 2.75) is 77.0 Å². The molecule has 0 radical (unpaired) electrons. The number of rotatable bonds is 7. The molecule has 3 N–H and O–H groups in total. The summed E-state index contributed by atoms with van der Waals surface area (Å²) in [4.78, 5) is 27.7. The van der Waals surface area contributed by atoms with Crippen molar-refractivity contribution < 1.29 is 28.9 Å². The maximum atomic E-state index is 12.8. The van der Waals surface area contributed by atoms with E-state index >= 15 is 0 Å². The summed E-state index contributed by atoms with van der Waals surface area (Å²) < 4.78 is 17.3. The van der Waals surface area contributed by atoms with Crippen LogP contribution in [0.2, 0.25) is 0 Å². The van der Waals surface area contributed by atoms with Gasteiger partial charge in [-0.25, -0.2) is 4.79 Å². The van der Waals surface area contributed by atoms with Crippen LogP contribution in [-0.2, 0) is 27.2 Å². The number of nitrogens with zero attached hydrogens (tertiary/aromatic N) is 1. The lowest BCUT2D eigenvalue weighted by molar-refractivity contribution is -0.121. The van der Waals surface area contributed by atoms with Gasteiger partial charge in [-0.3, -0.25) is 9.69 Å². The highest BCUT2D eigenvalue weighted by Gasteiger charge is 2.44. The number of fused-ring (bicyclic) bond motifs is 1. The zero-order valence-corrected chi connectivity index (χ0v) is 23.5. The Morgan fingerprint density at radius 3 is 2.59 bits per heavy atom. The zero-order valence-electron chi connectivity index (χ0n) is 23.5. The number of nitrogens with one attached hydrogen (secondary N) is 2. The second-order valence-electron chi connectivity index (χ2n) is 11.8. The third-order valence-corrected chi connectivity index (χ3v) is 6.85. The molecule has 2 heterocycles. The topological polar surface area (TPSA) is 109 Å². The van der Waals surface area contributed by atoms with E-state index in [4.69, 9.17) is 14.2 Å². The van der Waals surface area contributed by atoms with Gasteiger partial charge in [0.25, 0.3) is 0 Å². The minimum absolute atomic E-state index is 0.0804. The molecular weight excluding hydrogens is 498 g/mol. The first-order chi connectivity index (χ1) is 18.4. The van der Waals surface area contributed by atoms with Gasteiger partial charge in [-0.05, 0) is 57.9 Å². The maximum absolute atomic E-state index is 12.8. The third kappa shape index (κ3) is 7.94. The molecule has 3 unspecified atom stereocenters. The fourth-order valence-corrected chi connectivity index (χ4v) is 4.92. The van der Waals surface area contributed by atoms with Crippen molar-refractivity contribution in [1.82, 2.24) is 15.5 Å². The fraction of sp³-hybridized carbons (Fsp3) is 0.533. The van der Waals surface area contributed by atoms with Gasteiger partial charge < -0.3 is 30.0 Å². The van der Waals surface area contributed by atoms with E-state index in [9.17, 15) is 14.7 Å². The van der Waals surface area contributed by atoms with Gasteiger partial charge in [0.15, 0.2) is 0 Å². The zero-order chi connectivity index (χ0) is 28.2. The Bertz CT molecular complexity index is 1150. The Morgan fingerprint density at radius 2 is 1.87 bits per heavy atom. The predicted molar refractivity (Wildman–Crippen MR) is 147 cm³/mol. The van der Waals surface area contributed by atoms with E-state index in [0.29, 0.717) is 24.5 Å². The van der Waals surface area contributed by atoms with Gasteiger partial charge in [0, 0.05) is 31.7 Å². The molecule has 0 spiro atoms. The summed E-state index contributed by atoms with van der Waals surface area (Å²) in [6.45, 7) is 12.4. The van der Waals surface area contributed by atoms with E-state index in [1.807, 2.05) is 24.3 Å². The number of hydrogen-bond donors (Lipinski definition) is 3. The Labute approximate surface area is 230 Å². The van der Waals surface area contributed by atoms with Gasteiger partial charge in [0.05, 0.1) is 25.2 Å². The van der Waals surface area contributed by atoms with Crippen LogP contribution in [0.3, 0.4) is 0 Å². The van der Waals surface area contributed by atoms with Gasteiger partial charge in [0.2, 0.25) is 5.91 Å². The number of morpholine rings is 1. The Morgan fingerprint density at radius 1 is 1.13 bits per heavy atom. The monoisotopic (exact) mass is 539 g/mol. The number of hydrogen-bond acceptors (Lipinski definition) is 7. The molecule has 9 nitrogen and oxygen atoms in total. The number of alkyl carbamates (subject to hydrolysis) is 1. The van der Waals surface area contributed by atoms with Crippen molar-refractivity contribution in [3.05, 3.63) is 65.2 Å². The van der Waals surface area contributed by atoms with Crippen LogP contribution in [0.25, 0.3) is 0 Å². The highest BCUT2D eigenvalue weighted by molar-refractivity contribution is 5.78. The summed E-state index contributed by atoms with van der Waals surface area (Å²) in [5.74, 6) is 0.414. The molecule has 2 aromatic rings. The molecule has 2 aliphatic rings. The maximum Gasteiger partial charge on any atom is 0.408 e. The van der Waals surface area contributed by atoms with Crippen LogP contribution >= 0.6 is 0 Å². The van der Waals surface area contributed by atoms with Crippen molar-refractivity contribution in [3.63, 3.8) is 0 Å². The van der Waals surface area contributed by atoms with Gasteiger partial charge in [-0.1, -0.05) is 36.4 Å². The molecular formula is C30H41N3O6. The normalized spacial score (nSPS) is 22.8. The van der Waals surface area contributed by atoms with Crippen molar-refractivity contribution in [3.8, 4) is 5.75 Å². The largest absolute Gasteiger partial charge is 0.485 e. The molecule has 212 valence electrons. The van der Waals surface area contributed by atoms with E-state index in [0.717, 1.165) is 25.2 Å². The van der Waals surface area contributed by atoms with Crippen molar-refractivity contribution in [2.24, 2.45) is 0 Å². The van der Waals surface area contributed by atoms with Crippen molar-refractivity contribution in [2.75, 3.05) is 26.2 Å². The van der Waals surface area contributed by atoms with Crippen LogP contribution in [-0.4, -0.2) is 71.7 Å². The number of ether oxygens (including phenoxy) is 3. The minimum atomic E-state index is -1.02.